The van der Waals surface area contributed by atoms with Gasteiger partial charge in [0.2, 0.25) is 5.88 Å². The molecule has 2 unspecified atom stereocenters. The Hall–Kier alpha value is -3.35. The Morgan fingerprint density at radius 2 is 1.67 bits per heavy atom. The number of carboxylic acid groups (broad SMARTS) is 1. The average molecular weight is 516 g/mol. The van der Waals surface area contributed by atoms with Crippen molar-refractivity contribution in [3.8, 4) is 17.1 Å². The Balaban J connectivity index is 0.000000384. The second kappa shape index (κ2) is 9.60. The summed E-state index contributed by atoms with van der Waals surface area (Å²) in [5, 5.41) is 16.0. The van der Waals surface area contributed by atoms with Crippen LogP contribution in [0.2, 0.25) is 0 Å². The maximum atomic E-state index is 12.9. The maximum absolute atomic E-state index is 12.9. The second-order valence-corrected chi connectivity index (χ2v) is 8.80. The number of aromatic amines is 1. The number of aliphatic carboxylic acids is 1. The number of hydrogen-bond acceptors (Lipinski definition) is 5. The number of alkyl halides is 6. The normalized spacial score (nSPS) is 22.2. The van der Waals surface area contributed by atoms with Crippen LogP contribution in [0.3, 0.4) is 0 Å². The molecule has 7 nitrogen and oxygen atoms in total. The van der Waals surface area contributed by atoms with Crippen LogP contribution in [0.4, 0.5) is 26.3 Å². The fraction of sp³-hybridized carbons (Fsp3) is 0.435. The van der Waals surface area contributed by atoms with Crippen molar-refractivity contribution >= 4 is 16.9 Å². The van der Waals surface area contributed by atoms with Crippen LogP contribution in [0.1, 0.15) is 31.4 Å². The molecule has 2 aliphatic rings. The lowest BCUT2D eigenvalue weighted by Gasteiger charge is -2.35. The van der Waals surface area contributed by atoms with Crippen molar-refractivity contribution in [2.24, 2.45) is 0 Å². The number of aromatic nitrogens is 3. The van der Waals surface area contributed by atoms with Gasteiger partial charge in [0.25, 0.3) is 0 Å². The third-order valence-electron chi connectivity index (χ3n) is 6.45. The van der Waals surface area contributed by atoms with E-state index in [-0.39, 0.29) is 6.10 Å². The van der Waals surface area contributed by atoms with Gasteiger partial charge in [-0.3, -0.25) is 0 Å². The van der Waals surface area contributed by atoms with E-state index in [1.54, 1.807) is 30.3 Å². The number of halogens is 6. The molecule has 0 amide bonds. The molecule has 36 heavy (non-hydrogen) atoms. The number of H-pyrrole nitrogens is 1. The molecule has 0 radical (unpaired) electrons. The van der Waals surface area contributed by atoms with E-state index in [0.29, 0.717) is 40.1 Å². The summed E-state index contributed by atoms with van der Waals surface area (Å²) in [7, 11) is 2.19. The average Bonchev–Trinajstić information content (AvgIpc) is 3.30. The van der Waals surface area contributed by atoms with E-state index in [2.05, 4.69) is 27.1 Å². The van der Waals surface area contributed by atoms with Gasteiger partial charge in [-0.15, -0.1) is 10.2 Å². The molecule has 2 N–H and O–H groups in total. The molecular formula is C23H22F6N4O3. The predicted octanol–water partition coefficient (Wildman–Crippen LogP) is 5.28. The van der Waals surface area contributed by atoms with Crippen molar-refractivity contribution < 1.29 is 41.0 Å². The monoisotopic (exact) mass is 516 g/mol. The zero-order valence-corrected chi connectivity index (χ0v) is 18.9. The molecule has 2 aromatic heterocycles. The first-order chi connectivity index (χ1) is 16.8. The zero-order chi connectivity index (χ0) is 26.3. The minimum atomic E-state index is -5.08. The van der Waals surface area contributed by atoms with Gasteiger partial charge in [0.1, 0.15) is 11.8 Å². The van der Waals surface area contributed by atoms with Gasteiger partial charge >= 0.3 is 18.3 Å². The Morgan fingerprint density at radius 3 is 2.19 bits per heavy atom. The van der Waals surface area contributed by atoms with Crippen molar-refractivity contribution in [3.05, 3.63) is 42.1 Å². The molecule has 2 fully saturated rings. The SMILES string of the molecule is CN1C2CCC1CC(Oc1ccc(-c3ccc4[nH]c(C(F)(F)F)cc4c3)nn1)C2.O=C(O)C(F)(F)F. The van der Waals surface area contributed by atoms with E-state index in [0.717, 1.165) is 18.9 Å². The summed E-state index contributed by atoms with van der Waals surface area (Å²) < 4.78 is 76.5. The van der Waals surface area contributed by atoms with Crippen LogP contribution in [-0.4, -0.2) is 62.6 Å². The van der Waals surface area contributed by atoms with E-state index >= 15 is 0 Å². The number of hydrogen-bond donors (Lipinski definition) is 2. The molecule has 2 atom stereocenters. The summed E-state index contributed by atoms with van der Waals surface area (Å²) in [6, 6.07) is 10.9. The molecular weight excluding hydrogens is 494 g/mol. The number of nitrogens with zero attached hydrogens (tertiary/aromatic N) is 3. The van der Waals surface area contributed by atoms with E-state index in [9.17, 15) is 26.3 Å². The molecule has 1 aromatic carbocycles. The third-order valence-corrected chi connectivity index (χ3v) is 6.45. The van der Waals surface area contributed by atoms with E-state index < -0.39 is 24.0 Å². The summed E-state index contributed by atoms with van der Waals surface area (Å²) in [5.74, 6) is -2.27. The number of rotatable bonds is 3. The van der Waals surface area contributed by atoms with Crippen molar-refractivity contribution in [1.29, 1.82) is 0 Å². The van der Waals surface area contributed by atoms with Crippen LogP contribution < -0.4 is 4.74 Å². The molecule has 194 valence electrons. The zero-order valence-electron chi connectivity index (χ0n) is 18.9. The van der Waals surface area contributed by atoms with Gasteiger partial charge in [-0.25, -0.2) is 4.79 Å². The Morgan fingerprint density at radius 1 is 1.03 bits per heavy atom. The van der Waals surface area contributed by atoms with E-state index in [1.807, 2.05) is 0 Å². The highest BCUT2D eigenvalue weighted by Gasteiger charge is 2.40. The van der Waals surface area contributed by atoms with Crippen LogP contribution in [0, 0.1) is 0 Å². The van der Waals surface area contributed by atoms with Crippen molar-refractivity contribution in [2.75, 3.05) is 7.05 Å². The first-order valence-electron chi connectivity index (χ1n) is 11.0. The quantitative estimate of drug-likeness (QED) is 0.461. The molecule has 5 rings (SSSR count). The topological polar surface area (TPSA) is 91.3 Å². The summed E-state index contributed by atoms with van der Waals surface area (Å²) in [4.78, 5) is 13.7. The summed E-state index contributed by atoms with van der Waals surface area (Å²) >= 11 is 0. The van der Waals surface area contributed by atoms with E-state index in [1.165, 1.54) is 12.8 Å². The summed E-state index contributed by atoms with van der Waals surface area (Å²) in [6.07, 6.45) is -4.87. The number of fused-ring (bicyclic) bond motifs is 3. The van der Waals surface area contributed by atoms with Gasteiger partial charge in [-0.2, -0.15) is 26.3 Å². The third kappa shape index (κ3) is 5.72. The minimum absolute atomic E-state index is 0.154. The predicted molar refractivity (Wildman–Crippen MR) is 116 cm³/mol. The lowest BCUT2D eigenvalue weighted by Crippen LogP contribution is -2.43. The number of ether oxygens (including phenoxy) is 1. The lowest BCUT2D eigenvalue weighted by atomic mass is 10.0. The highest BCUT2D eigenvalue weighted by molar-refractivity contribution is 5.85. The molecule has 2 saturated heterocycles. The van der Waals surface area contributed by atoms with Gasteiger partial charge < -0.3 is 19.7 Å². The fourth-order valence-electron chi connectivity index (χ4n) is 4.61. The highest BCUT2D eigenvalue weighted by atomic mass is 19.4. The van der Waals surface area contributed by atoms with E-state index in [4.69, 9.17) is 14.6 Å². The molecule has 0 saturated carbocycles. The Labute approximate surface area is 201 Å². The van der Waals surface area contributed by atoms with Gasteiger partial charge in [-0.1, -0.05) is 6.07 Å². The first kappa shape index (κ1) is 25.7. The Kier molecular flexibility index (Phi) is 6.86. The second-order valence-electron chi connectivity index (χ2n) is 8.80. The first-order valence-corrected chi connectivity index (χ1v) is 11.0. The van der Waals surface area contributed by atoms with Gasteiger partial charge in [-0.05, 0) is 57.0 Å². The molecule has 2 aliphatic heterocycles. The summed E-state index contributed by atoms with van der Waals surface area (Å²) in [6.45, 7) is 0. The van der Waals surface area contributed by atoms with Gasteiger partial charge in [0.05, 0.1) is 5.69 Å². The maximum Gasteiger partial charge on any atom is 0.490 e. The number of nitrogens with one attached hydrogen (secondary N) is 1. The number of carboxylic acids is 1. The van der Waals surface area contributed by atoms with Crippen LogP contribution in [0.15, 0.2) is 36.4 Å². The van der Waals surface area contributed by atoms with Crippen molar-refractivity contribution in [3.63, 3.8) is 0 Å². The highest BCUT2D eigenvalue weighted by Crippen LogP contribution is 2.36. The van der Waals surface area contributed by atoms with Gasteiger partial charge in [0.15, 0.2) is 0 Å². The molecule has 4 heterocycles. The number of benzene rings is 1. The fourth-order valence-corrected chi connectivity index (χ4v) is 4.61. The summed E-state index contributed by atoms with van der Waals surface area (Å²) in [5.41, 5.74) is 0.983. The standard InChI is InChI=1S/C21H21F3N4O.C2HF3O2/c1-28-14-3-4-15(28)11-16(10-14)29-20-7-6-18(26-27-20)12-2-5-17-13(8-12)9-19(25-17)21(22,23)24;3-2(4,5)1(6)7/h2,5-9,14-16,25H,3-4,10-11H2,1H3;(H,6,7). The minimum Gasteiger partial charge on any atom is -0.475 e. The molecule has 13 heteroatoms. The van der Waals surface area contributed by atoms with Crippen molar-refractivity contribution in [2.45, 2.75) is 56.2 Å². The van der Waals surface area contributed by atoms with Crippen LogP contribution >= 0.6 is 0 Å². The Bertz CT molecular complexity index is 1210. The molecule has 0 aliphatic carbocycles. The molecule has 2 bridgehead atoms. The van der Waals surface area contributed by atoms with Crippen molar-refractivity contribution in [1.82, 2.24) is 20.1 Å². The molecule has 0 spiro atoms. The van der Waals surface area contributed by atoms with Crippen LogP contribution in [0.5, 0.6) is 5.88 Å². The number of piperidine rings is 1. The molecule has 3 aromatic rings. The van der Waals surface area contributed by atoms with Crippen LogP contribution in [-0.2, 0) is 11.0 Å². The lowest BCUT2D eigenvalue weighted by molar-refractivity contribution is -0.192. The van der Waals surface area contributed by atoms with Crippen LogP contribution in [0.25, 0.3) is 22.2 Å². The van der Waals surface area contributed by atoms with Gasteiger partial charge in [0, 0.05) is 34.6 Å². The smallest absolute Gasteiger partial charge is 0.475 e. The number of carbonyl (C=O) groups is 1. The largest absolute Gasteiger partial charge is 0.490 e.